The van der Waals surface area contributed by atoms with Crippen molar-refractivity contribution in [2.24, 2.45) is 5.84 Å². The molecule has 2 heterocycles. The van der Waals surface area contributed by atoms with E-state index in [9.17, 15) is 0 Å². The lowest BCUT2D eigenvalue weighted by Gasteiger charge is -2.42. The van der Waals surface area contributed by atoms with Gasteiger partial charge in [-0.1, -0.05) is 0 Å². The number of nitrogen functional groups attached to an aromatic ring is 1. The lowest BCUT2D eigenvalue weighted by Crippen LogP contribution is -2.52. The molecule has 1 unspecified atom stereocenters. The van der Waals surface area contributed by atoms with Crippen molar-refractivity contribution in [1.29, 1.82) is 0 Å². The van der Waals surface area contributed by atoms with E-state index in [1.807, 2.05) is 13.0 Å². The maximum absolute atomic E-state index is 5.93. The molecule has 0 radical (unpaired) electrons. The Morgan fingerprint density at radius 2 is 2.29 bits per heavy atom. The zero-order valence-electron chi connectivity index (χ0n) is 13.2. The quantitative estimate of drug-likeness (QED) is 0.625. The highest BCUT2D eigenvalue weighted by atomic mass is 16.5. The molecule has 1 fully saturated rings. The van der Waals surface area contributed by atoms with Gasteiger partial charge in [-0.3, -0.25) is 0 Å². The molecule has 2 rings (SSSR count). The van der Waals surface area contributed by atoms with E-state index in [0.29, 0.717) is 24.9 Å². The van der Waals surface area contributed by atoms with Crippen LogP contribution in [0.3, 0.4) is 0 Å². The van der Waals surface area contributed by atoms with Gasteiger partial charge in [-0.2, -0.15) is 0 Å². The van der Waals surface area contributed by atoms with Crippen LogP contribution >= 0.6 is 0 Å². The summed E-state index contributed by atoms with van der Waals surface area (Å²) in [5.74, 6) is 7.56. The first-order chi connectivity index (χ1) is 9.93. The zero-order valence-corrected chi connectivity index (χ0v) is 13.2. The van der Waals surface area contributed by atoms with Gasteiger partial charge >= 0.3 is 0 Å². The van der Waals surface area contributed by atoms with Gasteiger partial charge in [-0.25, -0.2) is 15.8 Å². The third-order valence-corrected chi connectivity index (χ3v) is 3.24. The summed E-state index contributed by atoms with van der Waals surface area (Å²) in [6.07, 6.45) is 0.147. The molecule has 1 aliphatic heterocycles. The smallest absolute Gasteiger partial charge is 0.158 e. The molecule has 1 saturated heterocycles. The summed E-state index contributed by atoms with van der Waals surface area (Å²) >= 11 is 0. The number of hydrogen-bond acceptors (Lipinski definition) is 7. The summed E-state index contributed by atoms with van der Waals surface area (Å²) in [6, 6.07) is 1.85. The molecule has 1 aliphatic rings. The minimum atomic E-state index is -0.209. The van der Waals surface area contributed by atoms with E-state index in [1.165, 1.54) is 0 Å². The molecular weight excluding hydrogens is 270 g/mol. The standard InChI is InChI=1S/C14H25N5O2/c1-5-20-8-12-16-11(18-15)6-13(17-12)19-7-10(2)21-14(3,4)9-19/h6,10H,5,7-9,15H2,1-4H3,(H,16,17,18). The van der Waals surface area contributed by atoms with Gasteiger partial charge in [0, 0.05) is 25.8 Å². The molecule has 0 bridgehead atoms. The Balaban J connectivity index is 2.24. The van der Waals surface area contributed by atoms with Crippen molar-refractivity contribution in [2.75, 3.05) is 30.0 Å². The third kappa shape index (κ3) is 4.26. The second-order valence-electron chi connectivity index (χ2n) is 5.88. The van der Waals surface area contributed by atoms with Crippen molar-refractivity contribution in [3.05, 3.63) is 11.9 Å². The lowest BCUT2D eigenvalue weighted by atomic mass is 10.1. The number of aromatic nitrogens is 2. The summed E-state index contributed by atoms with van der Waals surface area (Å²) < 4.78 is 11.3. The summed E-state index contributed by atoms with van der Waals surface area (Å²) in [7, 11) is 0. The highest BCUT2D eigenvalue weighted by Gasteiger charge is 2.32. The van der Waals surface area contributed by atoms with E-state index in [-0.39, 0.29) is 11.7 Å². The lowest BCUT2D eigenvalue weighted by molar-refractivity contribution is -0.0751. The monoisotopic (exact) mass is 295 g/mol. The minimum Gasteiger partial charge on any atom is -0.374 e. The maximum Gasteiger partial charge on any atom is 0.158 e. The van der Waals surface area contributed by atoms with Gasteiger partial charge in [0.05, 0.1) is 11.7 Å². The first-order valence-corrected chi connectivity index (χ1v) is 7.28. The number of rotatable bonds is 5. The van der Waals surface area contributed by atoms with Crippen LogP contribution in [0, 0.1) is 0 Å². The van der Waals surface area contributed by atoms with Crippen LogP contribution in [0.1, 0.15) is 33.5 Å². The number of nitrogens with two attached hydrogens (primary N) is 1. The van der Waals surface area contributed by atoms with Crippen molar-refractivity contribution in [1.82, 2.24) is 9.97 Å². The number of ether oxygens (including phenoxy) is 2. The van der Waals surface area contributed by atoms with Crippen molar-refractivity contribution in [3.63, 3.8) is 0 Å². The Kier molecular flexibility index (Phi) is 4.97. The van der Waals surface area contributed by atoms with Crippen LogP contribution < -0.4 is 16.2 Å². The fourth-order valence-corrected chi connectivity index (χ4v) is 2.61. The number of nitrogens with one attached hydrogen (secondary N) is 1. The third-order valence-electron chi connectivity index (χ3n) is 3.24. The highest BCUT2D eigenvalue weighted by Crippen LogP contribution is 2.26. The molecule has 0 aliphatic carbocycles. The zero-order chi connectivity index (χ0) is 15.5. The number of morpholine rings is 1. The van der Waals surface area contributed by atoms with E-state index >= 15 is 0 Å². The van der Waals surface area contributed by atoms with Crippen LogP contribution in [-0.2, 0) is 16.1 Å². The van der Waals surface area contributed by atoms with Crippen LogP contribution in [0.4, 0.5) is 11.6 Å². The largest absolute Gasteiger partial charge is 0.374 e. The van der Waals surface area contributed by atoms with Crippen molar-refractivity contribution in [3.8, 4) is 0 Å². The fourth-order valence-electron chi connectivity index (χ4n) is 2.61. The van der Waals surface area contributed by atoms with Gasteiger partial charge in [0.15, 0.2) is 5.82 Å². The summed E-state index contributed by atoms with van der Waals surface area (Å²) in [4.78, 5) is 11.1. The molecule has 1 atom stereocenters. The summed E-state index contributed by atoms with van der Waals surface area (Å²) in [5, 5.41) is 0. The Labute approximate surface area is 125 Å². The molecule has 1 aromatic rings. The number of nitrogens with zero attached hydrogens (tertiary/aromatic N) is 3. The van der Waals surface area contributed by atoms with E-state index in [2.05, 4.69) is 41.1 Å². The average Bonchev–Trinajstić information content (AvgIpc) is 2.42. The molecule has 1 aromatic heterocycles. The average molecular weight is 295 g/mol. The van der Waals surface area contributed by atoms with Crippen molar-refractivity contribution < 1.29 is 9.47 Å². The van der Waals surface area contributed by atoms with Gasteiger partial charge < -0.3 is 19.8 Å². The molecule has 0 spiro atoms. The molecule has 0 amide bonds. The molecule has 0 aromatic carbocycles. The molecule has 7 nitrogen and oxygen atoms in total. The summed E-state index contributed by atoms with van der Waals surface area (Å²) in [5.41, 5.74) is 2.38. The first-order valence-electron chi connectivity index (χ1n) is 7.28. The number of hydrogen-bond donors (Lipinski definition) is 2. The van der Waals surface area contributed by atoms with Gasteiger partial charge in [-0.15, -0.1) is 0 Å². The number of hydrazine groups is 1. The normalized spacial score (nSPS) is 21.4. The van der Waals surface area contributed by atoms with Crippen LogP contribution in [0.5, 0.6) is 0 Å². The second kappa shape index (κ2) is 6.55. The van der Waals surface area contributed by atoms with Gasteiger partial charge in [-0.05, 0) is 27.7 Å². The molecule has 3 N–H and O–H groups in total. The molecule has 0 saturated carbocycles. The fraction of sp³-hybridized carbons (Fsp3) is 0.714. The molecular formula is C14H25N5O2. The van der Waals surface area contributed by atoms with Crippen LogP contribution in [0.25, 0.3) is 0 Å². The Morgan fingerprint density at radius 3 is 2.90 bits per heavy atom. The Hall–Kier alpha value is -1.44. The maximum atomic E-state index is 5.93. The van der Waals surface area contributed by atoms with Gasteiger partial charge in [0.2, 0.25) is 0 Å². The van der Waals surface area contributed by atoms with E-state index in [1.54, 1.807) is 0 Å². The Bertz CT molecular complexity index is 480. The predicted octanol–water partition coefficient (Wildman–Crippen LogP) is 1.30. The SMILES string of the molecule is CCOCc1nc(NN)cc(N2CC(C)OC(C)(C)C2)n1. The van der Waals surface area contributed by atoms with Crippen LogP contribution in [0.15, 0.2) is 6.07 Å². The van der Waals surface area contributed by atoms with Gasteiger partial charge in [0.1, 0.15) is 18.2 Å². The summed E-state index contributed by atoms with van der Waals surface area (Å²) in [6.45, 7) is 10.7. The second-order valence-corrected chi connectivity index (χ2v) is 5.88. The van der Waals surface area contributed by atoms with Gasteiger partial charge in [0.25, 0.3) is 0 Å². The Morgan fingerprint density at radius 1 is 1.52 bits per heavy atom. The highest BCUT2D eigenvalue weighted by molar-refractivity contribution is 5.49. The van der Waals surface area contributed by atoms with Crippen molar-refractivity contribution in [2.45, 2.75) is 46.0 Å². The van der Waals surface area contributed by atoms with E-state index in [4.69, 9.17) is 15.3 Å². The first kappa shape index (κ1) is 15.9. The van der Waals surface area contributed by atoms with Crippen molar-refractivity contribution >= 4 is 11.6 Å². The number of anilines is 2. The van der Waals surface area contributed by atoms with Crippen LogP contribution in [-0.4, -0.2) is 41.4 Å². The van der Waals surface area contributed by atoms with E-state index in [0.717, 1.165) is 18.9 Å². The van der Waals surface area contributed by atoms with E-state index < -0.39 is 0 Å². The molecule has 118 valence electrons. The molecule has 21 heavy (non-hydrogen) atoms. The minimum absolute atomic E-state index is 0.147. The molecule has 7 heteroatoms. The van der Waals surface area contributed by atoms with Crippen LogP contribution in [0.2, 0.25) is 0 Å². The topological polar surface area (TPSA) is 85.5 Å². The predicted molar refractivity (Wildman–Crippen MR) is 82.0 cm³/mol.